The minimum atomic E-state index is -3.50. The number of ether oxygens (including phenoxy) is 1. The van der Waals surface area contributed by atoms with E-state index >= 15 is 0 Å². The molecule has 0 aliphatic heterocycles. The molecular weight excluding hydrogens is 266 g/mol. The number of hydrogen-bond donors (Lipinski definition) is 0. The number of rotatable bonds is 5. The zero-order chi connectivity index (χ0) is 14.0. The van der Waals surface area contributed by atoms with Crippen LogP contribution in [0.2, 0.25) is 0 Å². The van der Waals surface area contributed by atoms with E-state index in [0.29, 0.717) is 0 Å². The van der Waals surface area contributed by atoms with Gasteiger partial charge in [0.15, 0.2) is 9.84 Å². The zero-order valence-corrected chi connectivity index (χ0v) is 11.3. The normalized spacial score (nSPS) is 24.8. The van der Waals surface area contributed by atoms with E-state index in [9.17, 15) is 22.0 Å². The molecule has 1 saturated carbocycles. The third-order valence-corrected chi connectivity index (χ3v) is 5.09. The van der Waals surface area contributed by atoms with Gasteiger partial charge < -0.3 is 4.74 Å². The van der Waals surface area contributed by atoms with Crippen LogP contribution in [0.1, 0.15) is 26.2 Å². The Labute approximate surface area is 106 Å². The number of halogens is 2. The summed E-state index contributed by atoms with van der Waals surface area (Å²) >= 11 is 0. The molecule has 0 N–H and O–H groups in total. The first-order valence-electron chi connectivity index (χ1n) is 5.81. The summed E-state index contributed by atoms with van der Waals surface area (Å²) < 4.78 is 53.9. The predicted octanol–water partition coefficient (Wildman–Crippen LogP) is 1.65. The Hall–Kier alpha value is -0.720. The highest BCUT2D eigenvalue weighted by Crippen LogP contribution is 2.39. The summed E-state index contributed by atoms with van der Waals surface area (Å²) in [5.41, 5.74) is 0. The van der Waals surface area contributed by atoms with Crippen molar-refractivity contribution in [1.29, 1.82) is 0 Å². The highest BCUT2D eigenvalue weighted by molar-refractivity contribution is 7.91. The SMILES string of the molecule is COC(=O)C(C)CS(=O)(=O)CC1CCC(F)(F)C1. The van der Waals surface area contributed by atoms with E-state index in [1.54, 1.807) is 0 Å². The minimum absolute atomic E-state index is 0.221. The van der Waals surface area contributed by atoms with Gasteiger partial charge in [-0.2, -0.15) is 0 Å². The third-order valence-electron chi connectivity index (χ3n) is 3.10. The van der Waals surface area contributed by atoms with Crippen molar-refractivity contribution < 1.29 is 26.7 Å². The van der Waals surface area contributed by atoms with Crippen molar-refractivity contribution in [3.05, 3.63) is 0 Å². The third kappa shape index (κ3) is 4.51. The zero-order valence-electron chi connectivity index (χ0n) is 10.5. The molecule has 0 bridgehead atoms. The first kappa shape index (κ1) is 15.3. The Morgan fingerprint density at radius 2 is 2.11 bits per heavy atom. The molecule has 1 aliphatic carbocycles. The highest BCUT2D eigenvalue weighted by atomic mass is 32.2. The maximum Gasteiger partial charge on any atom is 0.309 e. The van der Waals surface area contributed by atoms with Crippen molar-refractivity contribution in [3.63, 3.8) is 0 Å². The molecular formula is C11H18F2O4S. The fourth-order valence-electron chi connectivity index (χ4n) is 2.26. The van der Waals surface area contributed by atoms with Gasteiger partial charge in [0.1, 0.15) is 0 Å². The average Bonchev–Trinajstić information content (AvgIpc) is 2.54. The summed E-state index contributed by atoms with van der Waals surface area (Å²) in [4.78, 5) is 11.1. The molecule has 0 spiro atoms. The maximum atomic E-state index is 12.9. The van der Waals surface area contributed by atoms with Crippen molar-refractivity contribution in [1.82, 2.24) is 0 Å². The second-order valence-corrected chi connectivity index (χ2v) is 7.12. The van der Waals surface area contributed by atoms with Crippen LogP contribution >= 0.6 is 0 Å². The predicted molar refractivity (Wildman–Crippen MR) is 62.1 cm³/mol. The fraction of sp³-hybridized carbons (Fsp3) is 0.909. The molecule has 1 rings (SSSR count). The number of esters is 1. The number of hydrogen-bond acceptors (Lipinski definition) is 4. The standard InChI is InChI=1S/C11H18F2O4S/c1-8(10(14)17-2)6-18(15,16)7-9-3-4-11(12,13)5-9/h8-9H,3-7H2,1-2H3. The van der Waals surface area contributed by atoms with Crippen molar-refractivity contribution in [2.75, 3.05) is 18.6 Å². The van der Waals surface area contributed by atoms with E-state index in [-0.39, 0.29) is 30.8 Å². The van der Waals surface area contributed by atoms with Gasteiger partial charge in [0.2, 0.25) is 5.92 Å². The number of alkyl halides is 2. The number of carbonyl (C=O) groups is 1. The van der Waals surface area contributed by atoms with Gasteiger partial charge in [-0.25, -0.2) is 17.2 Å². The Morgan fingerprint density at radius 3 is 2.56 bits per heavy atom. The molecule has 2 unspecified atom stereocenters. The molecule has 7 heteroatoms. The Morgan fingerprint density at radius 1 is 1.50 bits per heavy atom. The van der Waals surface area contributed by atoms with E-state index in [4.69, 9.17) is 0 Å². The minimum Gasteiger partial charge on any atom is -0.469 e. The summed E-state index contributed by atoms with van der Waals surface area (Å²) in [6.07, 6.45) is -0.405. The smallest absolute Gasteiger partial charge is 0.309 e. The Bertz CT molecular complexity index is 405. The van der Waals surface area contributed by atoms with Gasteiger partial charge in [-0.05, 0) is 12.3 Å². The summed E-state index contributed by atoms with van der Waals surface area (Å²) in [6.45, 7) is 1.45. The largest absolute Gasteiger partial charge is 0.469 e. The summed E-state index contributed by atoms with van der Waals surface area (Å²) in [6, 6.07) is 0. The molecule has 0 aromatic heterocycles. The summed E-state index contributed by atoms with van der Waals surface area (Å²) in [5, 5.41) is 0. The lowest BCUT2D eigenvalue weighted by molar-refractivity contribution is -0.144. The van der Waals surface area contributed by atoms with Crippen LogP contribution in [0.15, 0.2) is 0 Å². The molecule has 0 amide bonds. The van der Waals surface area contributed by atoms with Crippen molar-refractivity contribution in [3.8, 4) is 0 Å². The molecule has 18 heavy (non-hydrogen) atoms. The van der Waals surface area contributed by atoms with Crippen LogP contribution in [0, 0.1) is 11.8 Å². The topological polar surface area (TPSA) is 60.4 Å². The van der Waals surface area contributed by atoms with Crippen LogP contribution in [-0.2, 0) is 19.4 Å². The van der Waals surface area contributed by atoms with Gasteiger partial charge in [-0.15, -0.1) is 0 Å². The van der Waals surface area contributed by atoms with Crippen LogP contribution in [0.25, 0.3) is 0 Å². The Balaban J connectivity index is 2.53. The molecule has 1 aliphatic rings. The van der Waals surface area contributed by atoms with Gasteiger partial charge in [0.25, 0.3) is 0 Å². The number of methoxy groups -OCH3 is 1. The number of sulfone groups is 1. The lowest BCUT2D eigenvalue weighted by atomic mass is 10.1. The molecule has 0 aromatic carbocycles. The van der Waals surface area contributed by atoms with Gasteiger partial charge in [0.05, 0.1) is 24.5 Å². The van der Waals surface area contributed by atoms with Gasteiger partial charge >= 0.3 is 5.97 Å². The monoisotopic (exact) mass is 284 g/mol. The van der Waals surface area contributed by atoms with Crippen LogP contribution < -0.4 is 0 Å². The lowest BCUT2D eigenvalue weighted by Gasteiger charge is -2.13. The summed E-state index contributed by atoms with van der Waals surface area (Å²) in [5.74, 6) is -5.23. The molecule has 4 nitrogen and oxygen atoms in total. The molecule has 0 heterocycles. The second kappa shape index (κ2) is 5.50. The highest BCUT2D eigenvalue weighted by Gasteiger charge is 2.41. The van der Waals surface area contributed by atoms with E-state index in [2.05, 4.69) is 4.74 Å². The van der Waals surface area contributed by atoms with Crippen molar-refractivity contribution >= 4 is 15.8 Å². The van der Waals surface area contributed by atoms with E-state index in [1.807, 2.05) is 0 Å². The first-order valence-corrected chi connectivity index (χ1v) is 7.63. The number of carbonyl (C=O) groups excluding carboxylic acids is 1. The molecule has 0 saturated heterocycles. The molecule has 0 aromatic rings. The van der Waals surface area contributed by atoms with E-state index in [0.717, 1.165) is 0 Å². The average molecular weight is 284 g/mol. The van der Waals surface area contributed by atoms with Crippen molar-refractivity contribution in [2.45, 2.75) is 32.1 Å². The van der Waals surface area contributed by atoms with Crippen LogP contribution in [0.4, 0.5) is 8.78 Å². The molecule has 106 valence electrons. The lowest BCUT2D eigenvalue weighted by Crippen LogP contribution is -2.26. The van der Waals surface area contributed by atoms with E-state index in [1.165, 1.54) is 14.0 Å². The van der Waals surface area contributed by atoms with E-state index < -0.39 is 33.6 Å². The Kier molecular flexibility index (Phi) is 4.69. The second-order valence-electron chi connectivity index (χ2n) is 4.97. The molecule has 1 fully saturated rings. The maximum absolute atomic E-state index is 12.9. The van der Waals surface area contributed by atoms with Crippen molar-refractivity contribution in [2.24, 2.45) is 11.8 Å². The van der Waals surface area contributed by atoms with Crippen LogP contribution in [0.3, 0.4) is 0 Å². The molecule has 0 radical (unpaired) electrons. The fourth-order valence-corrected chi connectivity index (χ4v) is 4.30. The van der Waals surface area contributed by atoms with Crippen LogP contribution in [-0.4, -0.2) is 38.9 Å². The van der Waals surface area contributed by atoms with Gasteiger partial charge in [-0.3, -0.25) is 4.79 Å². The first-order chi connectivity index (χ1) is 8.15. The molecule has 2 atom stereocenters. The van der Waals surface area contributed by atoms with Crippen LogP contribution in [0.5, 0.6) is 0 Å². The quantitative estimate of drug-likeness (QED) is 0.720. The summed E-state index contributed by atoms with van der Waals surface area (Å²) in [7, 11) is -2.32. The van der Waals surface area contributed by atoms with Gasteiger partial charge in [0, 0.05) is 12.8 Å². The van der Waals surface area contributed by atoms with Gasteiger partial charge in [-0.1, -0.05) is 6.92 Å².